The van der Waals surface area contributed by atoms with Gasteiger partial charge in [0.1, 0.15) is 0 Å². The smallest absolute Gasteiger partial charge is 0.181 e. The second-order valence-corrected chi connectivity index (χ2v) is 11.9. The molecule has 4 rings (SSSR count). The van der Waals surface area contributed by atoms with Gasteiger partial charge in [0.05, 0.1) is 13.8 Å². The highest BCUT2D eigenvalue weighted by atomic mass is 79.9. The van der Waals surface area contributed by atoms with Gasteiger partial charge in [-0.05, 0) is 37.1 Å². The van der Waals surface area contributed by atoms with Gasteiger partial charge in [0.2, 0.25) is 0 Å². The molecule has 2 aromatic carbocycles. The second-order valence-electron chi connectivity index (χ2n) is 6.58. The van der Waals surface area contributed by atoms with Gasteiger partial charge in [-0.3, -0.25) is 0 Å². The lowest BCUT2D eigenvalue weighted by molar-refractivity contribution is 0.117. The normalized spacial score (nSPS) is 32.1. The van der Waals surface area contributed by atoms with Crippen molar-refractivity contribution in [3.8, 4) is 0 Å². The monoisotopic (exact) mass is 422 g/mol. The topological polar surface area (TPSA) is 34.1 Å². The Labute approximate surface area is 156 Å². The lowest BCUT2D eigenvalue weighted by Crippen LogP contribution is -2.65. The van der Waals surface area contributed by atoms with E-state index in [1.165, 1.54) is 4.90 Å². The summed E-state index contributed by atoms with van der Waals surface area (Å²) in [5.74, 6) is 0.318. The molecule has 2 nitrogen and oxygen atoms in total. The van der Waals surface area contributed by atoms with Crippen molar-refractivity contribution in [1.82, 2.24) is 0 Å². The number of benzene rings is 2. The first-order chi connectivity index (χ1) is 11.5. The third-order valence-electron chi connectivity index (χ3n) is 5.28. The molecule has 2 atom stereocenters. The lowest BCUT2D eigenvalue weighted by Gasteiger charge is -2.60. The zero-order valence-corrected chi connectivity index (χ0v) is 16.4. The highest BCUT2D eigenvalue weighted by Gasteiger charge is 2.66. The molecule has 5 heteroatoms. The van der Waals surface area contributed by atoms with Gasteiger partial charge in [-0.25, -0.2) is 8.42 Å². The lowest BCUT2D eigenvalue weighted by atomic mass is 9.64. The Morgan fingerprint density at radius 2 is 1.46 bits per heavy atom. The first-order valence-corrected chi connectivity index (χ1v) is 11.4. The standard InChI is InChI=1S/C19H19BrO2S2/c20-19(23-14-8-3-1-4-9-14)16-12-7-13-17(19)18(16)24(21,22)15-10-5-2-6-11-15/h1-6,8-11,16-18H,7,12-13H2. The van der Waals surface area contributed by atoms with Crippen LogP contribution in [0.1, 0.15) is 19.3 Å². The summed E-state index contributed by atoms with van der Waals surface area (Å²) in [6.45, 7) is 0. The van der Waals surface area contributed by atoms with Crippen molar-refractivity contribution >= 4 is 37.5 Å². The molecule has 126 valence electrons. The summed E-state index contributed by atoms with van der Waals surface area (Å²) in [5, 5.41) is -0.260. The highest BCUT2D eigenvalue weighted by Crippen LogP contribution is 2.67. The van der Waals surface area contributed by atoms with E-state index in [4.69, 9.17) is 0 Å². The van der Waals surface area contributed by atoms with Crippen LogP contribution in [0.15, 0.2) is 70.5 Å². The molecule has 0 radical (unpaired) electrons. The minimum Gasteiger partial charge on any atom is -0.223 e. The Balaban J connectivity index is 1.65. The van der Waals surface area contributed by atoms with Crippen LogP contribution in [-0.2, 0) is 9.84 Å². The summed E-state index contributed by atoms with van der Waals surface area (Å²) in [6.07, 6.45) is 3.06. The van der Waals surface area contributed by atoms with Gasteiger partial charge < -0.3 is 0 Å². The molecule has 2 unspecified atom stereocenters. The van der Waals surface area contributed by atoms with E-state index in [2.05, 4.69) is 28.1 Å². The Morgan fingerprint density at radius 1 is 0.917 bits per heavy atom. The van der Waals surface area contributed by atoms with E-state index in [0.29, 0.717) is 4.90 Å². The number of rotatable bonds is 4. The van der Waals surface area contributed by atoms with E-state index in [1.54, 1.807) is 36.0 Å². The first kappa shape index (κ1) is 16.7. The Bertz CT molecular complexity index is 809. The number of alkyl halides is 1. The Kier molecular flexibility index (Phi) is 4.30. The van der Waals surface area contributed by atoms with Gasteiger partial charge in [0.25, 0.3) is 0 Å². The molecule has 2 bridgehead atoms. The Hall–Kier alpha value is -0.780. The van der Waals surface area contributed by atoms with Crippen molar-refractivity contribution < 1.29 is 8.42 Å². The number of halogens is 1. The average Bonchev–Trinajstić information content (AvgIpc) is 2.62. The fourth-order valence-corrected chi connectivity index (χ4v) is 10.2. The molecule has 24 heavy (non-hydrogen) atoms. The molecule has 0 aliphatic heterocycles. The summed E-state index contributed by atoms with van der Waals surface area (Å²) in [6, 6.07) is 19.2. The molecule has 0 N–H and O–H groups in total. The third kappa shape index (κ3) is 2.56. The van der Waals surface area contributed by atoms with Gasteiger partial charge in [0, 0.05) is 16.7 Å². The van der Waals surface area contributed by atoms with Gasteiger partial charge in [-0.15, -0.1) is 11.8 Å². The van der Waals surface area contributed by atoms with Gasteiger partial charge in [-0.2, -0.15) is 0 Å². The van der Waals surface area contributed by atoms with Crippen LogP contribution in [0.3, 0.4) is 0 Å². The average molecular weight is 423 g/mol. The number of fused-ring (bicyclic) bond motifs is 2. The second kappa shape index (κ2) is 6.19. The van der Waals surface area contributed by atoms with Crippen LogP contribution < -0.4 is 0 Å². The van der Waals surface area contributed by atoms with Gasteiger partial charge in [0.15, 0.2) is 9.84 Å². The minimum absolute atomic E-state index is 0.154. The first-order valence-electron chi connectivity index (χ1n) is 8.25. The van der Waals surface area contributed by atoms with E-state index in [1.807, 2.05) is 24.3 Å². The quantitative estimate of drug-likeness (QED) is 0.639. The van der Waals surface area contributed by atoms with Crippen LogP contribution >= 0.6 is 27.7 Å². The zero-order chi connectivity index (χ0) is 16.8. The maximum atomic E-state index is 13.1. The summed E-state index contributed by atoms with van der Waals surface area (Å²) in [7, 11) is -3.27. The van der Waals surface area contributed by atoms with Crippen molar-refractivity contribution in [2.75, 3.05) is 0 Å². The number of hydrogen-bond donors (Lipinski definition) is 0. The SMILES string of the molecule is O=S(=O)(c1ccccc1)C1C2CCCC1C2(Br)Sc1ccccc1. The van der Waals surface area contributed by atoms with Crippen molar-refractivity contribution in [3.63, 3.8) is 0 Å². The summed E-state index contributed by atoms with van der Waals surface area (Å²) in [4.78, 5) is 1.66. The van der Waals surface area contributed by atoms with Crippen molar-refractivity contribution in [2.45, 2.75) is 38.0 Å². The van der Waals surface area contributed by atoms with Crippen molar-refractivity contribution in [2.24, 2.45) is 11.8 Å². The molecular formula is C19H19BrO2S2. The molecule has 2 aliphatic rings. The van der Waals surface area contributed by atoms with E-state index < -0.39 is 9.84 Å². The number of sulfone groups is 1. The van der Waals surface area contributed by atoms with Crippen LogP contribution in [0.25, 0.3) is 0 Å². The van der Waals surface area contributed by atoms with Crippen LogP contribution in [0, 0.1) is 11.8 Å². The largest absolute Gasteiger partial charge is 0.223 e. The van der Waals surface area contributed by atoms with E-state index >= 15 is 0 Å². The molecule has 2 saturated carbocycles. The molecule has 0 aromatic heterocycles. The molecular weight excluding hydrogens is 404 g/mol. The Morgan fingerprint density at radius 3 is 2.04 bits per heavy atom. The van der Waals surface area contributed by atoms with Crippen molar-refractivity contribution in [3.05, 3.63) is 60.7 Å². The highest BCUT2D eigenvalue weighted by molar-refractivity contribution is 9.12. The summed E-state index contributed by atoms with van der Waals surface area (Å²) < 4.78 is 26.1. The molecule has 2 aromatic rings. The van der Waals surface area contributed by atoms with Gasteiger partial charge in [-0.1, -0.05) is 58.7 Å². The molecule has 0 amide bonds. The predicted octanol–water partition coefficient (Wildman–Crippen LogP) is 5.14. The van der Waals surface area contributed by atoms with E-state index in [-0.39, 0.29) is 20.7 Å². The molecule has 0 heterocycles. The fourth-order valence-electron chi connectivity index (χ4n) is 4.19. The van der Waals surface area contributed by atoms with Crippen LogP contribution in [0.5, 0.6) is 0 Å². The number of thioether (sulfide) groups is 1. The third-order valence-corrected chi connectivity index (χ3v) is 10.7. The molecule has 2 fully saturated rings. The van der Waals surface area contributed by atoms with Crippen LogP contribution in [0.2, 0.25) is 0 Å². The van der Waals surface area contributed by atoms with Gasteiger partial charge >= 0.3 is 0 Å². The van der Waals surface area contributed by atoms with Crippen molar-refractivity contribution in [1.29, 1.82) is 0 Å². The predicted molar refractivity (Wildman–Crippen MR) is 102 cm³/mol. The van der Waals surface area contributed by atoms with E-state index in [9.17, 15) is 8.42 Å². The summed E-state index contributed by atoms with van der Waals surface area (Å²) >= 11 is 5.74. The number of hydrogen-bond acceptors (Lipinski definition) is 3. The van der Waals surface area contributed by atoms with E-state index in [0.717, 1.165) is 19.3 Å². The fraction of sp³-hybridized carbons (Fsp3) is 0.368. The summed E-state index contributed by atoms with van der Waals surface area (Å²) in [5.41, 5.74) is 0. The molecule has 2 aliphatic carbocycles. The molecule has 0 saturated heterocycles. The molecule has 0 spiro atoms. The van der Waals surface area contributed by atoms with Crippen LogP contribution in [0.4, 0.5) is 0 Å². The maximum Gasteiger partial charge on any atom is 0.181 e. The minimum atomic E-state index is -3.27. The van der Waals surface area contributed by atoms with Crippen LogP contribution in [-0.4, -0.2) is 17.3 Å². The maximum absolute atomic E-state index is 13.1. The zero-order valence-electron chi connectivity index (χ0n) is 13.1.